The van der Waals surface area contributed by atoms with E-state index in [0.29, 0.717) is 6.61 Å². The van der Waals surface area contributed by atoms with Crippen LogP contribution in [0.2, 0.25) is 10.0 Å². The van der Waals surface area contributed by atoms with Crippen molar-refractivity contribution in [1.29, 1.82) is 5.26 Å². The molecule has 6 nitrogen and oxygen atoms in total. The monoisotopic (exact) mass is 436 g/mol. The van der Waals surface area contributed by atoms with E-state index in [-0.39, 0.29) is 44.6 Å². The van der Waals surface area contributed by atoms with Gasteiger partial charge in [-0.25, -0.2) is 0 Å². The Labute approximate surface area is 179 Å². The Balaban J connectivity index is 2.51. The van der Waals surface area contributed by atoms with Crippen molar-refractivity contribution in [3.8, 4) is 17.7 Å². The van der Waals surface area contributed by atoms with Crippen LogP contribution in [0.25, 0.3) is 0 Å². The van der Waals surface area contributed by atoms with Crippen molar-refractivity contribution < 1.29 is 14.6 Å². The maximum Gasteiger partial charge on any atom is 0.271 e. The van der Waals surface area contributed by atoms with E-state index in [9.17, 15) is 20.0 Å². The minimum absolute atomic E-state index is 0.103. The third kappa shape index (κ3) is 4.58. The highest BCUT2D eigenvalue weighted by Gasteiger charge is 2.25. The number of aromatic nitrogens is 1. The van der Waals surface area contributed by atoms with Gasteiger partial charge in [0.1, 0.15) is 11.6 Å². The largest absolute Gasteiger partial charge is 0.494 e. The third-order valence-corrected chi connectivity index (χ3v) is 5.16. The number of benzene rings is 1. The van der Waals surface area contributed by atoms with Gasteiger partial charge in [-0.1, -0.05) is 43.0 Å². The van der Waals surface area contributed by atoms with Crippen LogP contribution < -0.4 is 10.3 Å². The first kappa shape index (κ1) is 22.8. The summed E-state index contributed by atoms with van der Waals surface area (Å²) in [6.45, 7) is 5.71. The number of aromatic hydroxyl groups is 1. The Bertz CT molecular complexity index is 1020. The smallest absolute Gasteiger partial charge is 0.271 e. The lowest BCUT2D eigenvalue weighted by atomic mass is 9.97. The Morgan fingerprint density at radius 1 is 1.24 bits per heavy atom. The molecule has 0 radical (unpaired) electrons. The molecule has 0 aliphatic carbocycles. The van der Waals surface area contributed by atoms with Crippen LogP contribution in [-0.2, 0) is 6.54 Å². The van der Waals surface area contributed by atoms with E-state index in [0.717, 1.165) is 23.8 Å². The van der Waals surface area contributed by atoms with Crippen LogP contribution in [0.5, 0.6) is 11.6 Å². The van der Waals surface area contributed by atoms with Crippen molar-refractivity contribution in [2.75, 3.05) is 6.61 Å². The van der Waals surface area contributed by atoms with Crippen molar-refractivity contribution in [1.82, 2.24) is 4.57 Å². The standard InChI is InChI=1S/C21H22Cl2N2O4/c1-4-6-7-8-29-19-15(22)9-13(10-16(19)23)18(26)17-12(3)14(11-24)20(27)25(5-2)21(17)28/h9-10,28H,4-8H2,1-3H3. The number of carbonyl (C=O) groups is 1. The molecule has 154 valence electrons. The summed E-state index contributed by atoms with van der Waals surface area (Å²) >= 11 is 12.5. The molecule has 29 heavy (non-hydrogen) atoms. The summed E-state index contributed by atoms with van der Waals surface area (Å²) in [4.78, 5) is 25.4. The van der Waals surface area contributed by atoms with E-state index in [4.69, 9.17) is 27.9 Å². The first-order valence-corrected chi connectivity index (χ1v) is 10.1. The molecule has 1 heterocycles. The Kier molecular flexibility index (Phi) is 7.72. The van der Waals surface area contributed by atoms with Crippen LogP contribution in [0.1, 0.15) is 60.2 Å². The van der Waals surface area contributed by atoms with E-state index in [1.165, 1.54) is 19.1 Å². The first-order chi connectivity index (χ1) is 13.8. The number of nitriles is 1. The molecule has 2 rings (SSSR count). The quantitative estimate of drug-likeness (QED) is 0.470. The van der Waals surface area contributed by atoms with Gasteiger partial charge in [0.25, 0.3) is 5.56 Å². The molecule has 1 aromatic heterocycles. The molecule has 0 aliphatic rings. The lowest BCUT2D eigenvalue weighted by molar-refractivity contribution is 0.103. The number of unbranched alkanes of at least 4 members (excludes halogenated alkanes) is 2. The topological polar surface area (TPSA) is 92.3 Å². The molecule has 0 bridgehead atoms. The third-order valence-electron chi connectivity index (χ3n) is 4.60. The lowest BCUT2D eigenvalue weighted by Gasteiger charge is -2.15. The first-order valence-electron chi connectivity index (χ1n) is 9.31. The molecule has 1 aromatic carbocycles. The molecular formula is C21H22Cl2N2O4. The lowest BCUT2D eigenvalue weighted by Crippen LogP contribution is -2.26. The van der Waals surface area contributed by atoms with Crippen LogP contribution in [-0.4, -0.2) is 22.1 Å². The highest BCUT2D eigenvalue weighted by molar-refractivity contribution is 6.38. The number of ketones is 1. The van der Waals surface area contributed by atoms with Crippen LogP contribution in [0.15, 0.2) is 16.9 Å². The maximum atomic E-state index is 13.1. The Morgan fingerprint density at radius 3 is 2.38 bits per heavy atom. The molecule has 0 saturated carbocycles. The van der Waals surface area contributed by atoms with E-state index in [1.807, 2.05) is 6.07 Å². The van der Waals surface area contributed by atoms with Gasteiger partial charge in [0.2, 0.25) is 5.88 Å². The van der Waals surface area contributed by atoms with Gasteiger partial charge in [-0.15, -0.1) is 0 Å². The van der Waals surface area contributed by atoms with Gasteiger partial charge in [0.15, 0.2) is 11.5 Å². The van der Waals surface area contributed by atoms with Gasteiger partial charge in [0, 0.05) is 12.1 Å². The number of hydrogen-bond donors (Lipinski definition) is 1. The molecule has 0 atom stereocenters. The Morgan fingerprint density at radius 2 is 1.86 bits per heavy atom. The van der Waals surface area contributed by atoms with Gasteiger partial charge in [0.05, 0.1) is 22.2 Å². The normalized spacial score (nSPS) is 10.6. The SMILES string of the molecule is CCCCCOc1c(Cl)cc(C(=O)c2c(C)c(C#N)c(=O)n(CC)c2O)cc1Cl. The van der Waals surface area contributed by atoms with Crippen LogP contribution in [0.4, 0.5) is 0 Å². The van der Waals surface area contributed by atoms with E-state index in [1.54, 1.807) is 6.92 Å². The van der Waals surface area contributed by atoms with Crippen molar-refractivity contribution in [2.24, 2.45) is 0 Å². The van der Waals surface area contributed by atoms with Gasteiger partial charge in [-0.2, -0.15) is 5.26 Å². The van der Waals surface area contributed by atoms with Crippen molar-refractivity contribution in [3.05, 3.63) is 54.8 Å². The van der Waals surface area contributed by atoms with Crippen molar-refractivity contribution in [2.45, 2.75) is 46.6 Å². The van der Waals surface area contributed by atoms with Crippen LogP contribution in [0.3, 0.4) is 0 Å². The van der Waals surface area contributed by atoms with E-state index in [2.05, 4.69) is 6.92 Å². The zero-order valence-electron chi connectivity index (χ0n) is 16.5. The van der Waals surface area contributed by atoms with Gasteiger partial charge in [-0.3, -0.25) is 14.2 Å². The highest BCUT2D eigenvalue weighted by atomic mass is 35.5. The molecule has 8 heteroatoms. The van der Waals surface area contributed by atoms with E-state index < -0.39 is 17.2 Å². The average Bonchev–Trinajstić information content (AvgIpc) is 2.67. The van der Waals surface area contributed by atoms with Crippen LogP contribution in [0, 0.1) is 18.3 Å². The van der Waals surface area contributed by atoms with Gasteiger partial charge in [-0.05, 0) is 38.0 Å². The molecule has 0 saturated heterocycles. The fourth-order valence-corrected chi connectivity index (χ4v) is 3.61. The number of pyridine rings is 1. The minimum atomic E-state index is -0.645. The number of nitrogens with zero attached hydrogens (tertiary/aromatic N) is 2. The second kappa shape index (κ2) is 9.82. The summed E-state index contributed by atoms with van der Waals surface area (Å²) in [6, 6.07) is 4.61. The summed E-state index contributed by atoms with van der Waals surface area (Å²) in [6.07, 6.45) is 2.91. The molecule has 0 amide bonds. The Hall–Kier alpha value is -2.49. The summed E-state index contributed by atoms with van der Waals surface area (Å²) in [7, 11) is 0. The van der Waals surface area contributed by atoms with Crippen molar-refractivity contribution >= 4 is 29.0 Å². The number of hydrogen-bond acceptors (Lipinski definition) is 5. The molecular weight excluding hydrogens is 415 g/mol. The second-order valence-corrected chi connectivity index (χ2v) is 7.33. The highest BCUT2D eigenvalue weighted by Crippen LogP contribution is 2.36. The second-order valence-electron chi connectivity index (χ2n) is 6.51. The molecule has 0 unspecified atom stereocenters. The molecule has 0 spiro atoms. The molecule has 2 aromatic rings. The summed E-state index contributed by atoms with van der Waals surface area (Å²) in [5.74, 6) is -0.802. The summed E-state index contributed by atoms with van der Waals surface area (Å²) < 4.78 is 6.61. The fraction of sp³-hybridized carbons (Fsp3) is 0.381. The predicted octanol–water partition coefficient (Wildman–Crippen LogP) is 4.86. The number of ether oxygens (including phenoxy) is 1. The molecule has 0 fully saturated rings. The minimum Gasteiger partial charge on any atom is -0.494 e. The molecule has 0 aliphatic heterocycles. The van der Waals surface area contributed by atoms with Gasteiger partial charge >= 0.3 is 0 Å². The number of halogens is 2. The molecule has 1 N–H and O–H groups in total. The number of carbonyl (C=O) groups excluding carboxylic acids is 1. The van der Waals surface area contributed by atoms with Crippen molar-refractivity contribution in [3.63, 3.8) is 0 Å². The van der Waals surface area contributed by atoms with E-state index >= 15 is 0 Å². The predicted molar refractivity (Wildman–Crippen MR) is 112 cm³/mol. The summed E-state index contributed by atoms with van der Waals surface area (Å²) in [5.41, 5.74) is -0.748. The zero-order valence-corrected chi connectivity index (χ0v) is 18.0. The fourth-order valence-electron chi connectivity index (χ4n) is 3.02. The zero-order chi connectivity index (χ0) is 21.7. The van der Waals surface area contributed by atoms with Crippen LogP contribution >= 0.6 is 23.2 Å². The number of rotatable bonds is 8. The maximum absolute atomic E-state index is 13.1. The average molecular weight is 437 g/mol. The van der Waals surface area contributed by atoms with Gasteiger partial charge < -0.3 is 9.84 Å². The summed E-state index contributed by atoms with van der Waals surface area (Å²) in [5, 5.41) is 20.2.